The lowest BCUT2D eigenvalue weighted by Gasteiger charge is -2.11. The third kappa shape index (κ3) is 2.00. The van der Waals surface area contributed by atoms with Crippen molar-refractivity contribution in [3.63, 3.8) is 0 Å². The van der Waals surface area contributed by atoms with Crippen LogP contribution in [-0.4, -0.2) is 10.2 Å². The number of aromatic hydroxyl groups is 2. The van der Waals surface area contributed by atoms with E-state index in [1.165, 1.54) is 6.07 Å². The second-order valence-electron chi connectivity index (χ2n) is 4.83. The Hall–Kier alpha value is -3.50. The summed E-state index contributed by atoms with van der Waals surface area (Å²) >= 11 is 0. The lowest BCUT2D eigenvalue weighted by atomic mass is 9.92. The molecule has 0 saturated heterocycles. The molecule has 0 bridgehead atoms. The van der Waals surface area contributed by atoms with Crippen LogP contribution in [0.5, 0.6) is 11.5 Å². The van der Waals surface area contributed by atoms with Gasteiger partial charge in [0.25, 0.3) is 0 Å². The van der Waals surface area contributed by atoms with Crippen molar-refractivity contribution < 1.29 is 10.2 Å². The number of fused-ring (bicyclic) bond motifs is 1. The molecular weight excluding hydrogens is 276 g/mol. The molecule has 3 rings (SSSR count). The normalized spacial score (nSPS) is 10.1. The quantitative estimate of drug-likeness (QED) is 0.668. The SMILES string of the molecule is N#Cc1cc(O)c(O)c(C#N)c1-c1ccc2ccccc2c1. The van der Waals surface area contributed by atoms with Gasteiger partial charge in [-0.1, -0.05) is 36.4 Å². The summed E-state index contributed by atoms with van der Waals surface area (Å²) in [7, 11) is 0. The van der Waals surface area contributed by atoms with Gasteiger partial charge in [-0.25, -0.2) is 0 Å². The molecule has 0 aliphatic heterocycles. The highest BCUT2D eigenvalue weighted by Crippen LogP contribution is 2.39. The van der Waals surface area contributed by atoms with Crippen molar-refractivity contribution in [2.24, 2.45) is 0 Å². The minimum Gasteiger partial charge on any atom is -0.504 e. The van der Waals surface area contributed by atoms with Gasteiger partial charge in [0.2, 0.25) is 0 Å². The topological polar surface area (TPSA) is 88.0 Å². The third-order valence-corrected chi connectivity index (χ3v) is 3.55. The highest BCUT2D eigenvalue weighted by Gasteiger charge is 2.19. The highest BCUT2D eigenvalue weighted by molar-refractivity contribution is 5.90. The van der Waals surface area contributed by atoms with E-state index in [4.69, 9.17) is 0 Å². The number of nitrogens with zero attached hydrogens (tertiary/aromatic N) is 2. The number of hydrogen-bond acceptors (Lipinski definition) is 4. The summed E-state index contributed by atoms with van der Waals surface area (Å²) < 4.78 is 0. The van der Waals surface area contributed by atoms with Crippen molar-refractivity contribution in [1.29, 1.82) is 10.5 Å². The fourth-order valence-corrected chi connectivity index (χ4v) is 2.50. The zero-order valence-corrected chi connectivity index (χ0v) is 11.4. The summed E-state index contributed by atoms with van der Waals surface area (Å²) in [5.74, 6) is -0.984. The Morgan fingerprint density at radius 1 is 0.818 bits per heavy atom. The van der Waals surface area contributed by atoms with Crippen molar-refractivity contribution in [2.75, 3.05) is 0 Å². The molecule has 4 nitrogen and oxygen atoms in total. The summed E-state index contributed by atoms with van der Waals surface area (Å²) in [6, 6.07) is 18.2. The highest BCUT2D eigenvalue weighted by atomic mass is 16.3. The van der Waals surface area contributed by atoms with E-state index in [2.05, 4.69) is 0 Å². The van der Waals surface area contributed by atoms with Crippen LogP contribution in [0.3, 0.4) is 0 Å². The number of nitriles is 2. The first-order valence-corrected chi connectivity index (χ1v) is 6.54. The van der Waals surface area contributed by atoms with Gasteiger partial charge < -0.3 is 10.2 Å². The van der Waals surface area contributed by atoms with Crippen LogP contribution < -0.4 is 0 Å². The number of phenols is 2. The van der Waals surface area contributed by atoms with Crippen LogP contribution in [0, 0.1) is 22.7 Å². The van der Waals surface area contributed by atoms with Gasteiger partial charge in [-0.15, -0.1) is 0 Å². The van der Waals surface area contributed by atoms with E-state index in [-0.39, 0.29) is 11.1 Å². The van der Waals surface area contributed by atoms with Crippen LogP contribution in [0.25, 0.3) is 21.9 Å². The molecule has 0 saturated carbocycles. The van der Waals surface area contributed by atoms with Crippen LogP contribution >= 0.6 is 0 Å². The van der Waals surface area contributed by atoms with E-state index in [9.17, 15) is 20.7 Å². The number of benzene rings is 3. The Labute approximate surface area is 126 Å². The molecule has 3 aromatic carbocycles. The minimum absolute atomic E-state index is 0.105. The molecule has 0 heterocycles. The van der Waals surface area contributed by atoms with Gasteiger partial charge >= 0.3 is 0 Å². The molecule has 3 aromatic rings. The lowest BCUT2D eigenvalue weighted by molar-refractivity contribution is 0.402. The molecule has 0 aliphatic rings. The van der Waals surface area contributed by atoms with E-state index >= 15 is 0 Å². The minimum atomic E-state index is -0.510. The van der Waals surface area contributed by atoms with Gasteiger partial charge in [-0.2, -0.15) is 10.5 Å². The van der Waals surface area contributed by atoms with Gasteiger partial charge in [0.05, 0.1) is 11.6 Å². The average molecular weight is 286 g/mol. The number of hydrogen-bond donors (Lipinski definition) is 2. The van der Waals surface area contributed by atoms with Gasteiger partial charge in [0.1, 0.15) is 11.6 Å². The summed E-state index contributed by atoms with van der Waals surface area (Å²) in [5, 5.41) is 40.1. The smallest absolute Gasteiger partial charge is 0.176 e. The first kappa shape index (κ1) is 13.5. The van der Waals surface area contributed by atoms with Gasteiger partial charge in [-0.3, -0.25) is 0 Å². The fourth-order valence-electron chi connectivity index (χ4n) is 2.50. The van der Waals surface area contributed by atoms with Crippen LogP contribution in [0.2, 0.25) is 0 Å². The maximum Gasteiger partial charge on any atom is 0.176 e. The molecule has 0 amide bonds. The summed E-state index contributed by atoms with van der Waals surface area (Å²) in [5.41, 5.74) is 1.00. The molecule has 104 valence electrons. The first-order chi connectivity index (χ1) is 10.7. The van der Waals surface area contributed by atoms with Crippen LogP contribution in [-0.2, 0) is 0 Å². The van der Waals surface area contributed by atoms with Crippen molar-refractivity contribution in [3.05, 3.63) is 59.7 Å². The van der Waals surface area contributed by atoms with Crippen molar-refractivity contribution in [2.45, 2.75) is 0 Å². The summed E-state index contributed by atoms with van der Waals surface area (Å²) in [6.07, 6.45) is 0. The maximum absolute atomic E-state index is 9.89. The molecule has 0 aliphatic carbocycles. The average Bonchev–Trinajstić information content (AvgIpc) is 2.56. The Balaban J connectivity index is 2.37. The van der Waals surface area contributed by atoms with E-state index in [1.807, 2.05) is 48.5 Å². The predicted octanol–water partition coefficient (Wildman–Crippen LogP) is 3.66. The van der Waals surface area contributed by atoms with E-state index < -0.39 is 11.5 Å². The van der Waals surface area contributed by atoms with Gasteiger partial charge in [-0.05, 0) is 22.4 Å². The molecule has 4 heteroatoms. The molecule has 0 fully saturated rings. The largest absolute Gasteiger partial charge is 0.504 e. The van der Waals surface area contributed by atoms with Crippen molar-refractivity contribution >= 4 is 10.8 Å². The molecule has 0 spiro atoms. The Kier molecular flexibility index (Phi) is 3.14. The fraction of sp³-hybridized carbons (Fsp3) is 0. The molecule has 2 N–H and O–H groups in total. The van der Waals surface area contributed by atoms with Crippen molar-refractivity contribution in [3.8, 4) is 34.8 Å². The first-order valence-electron chi connectivity index (χ1n) is 6.54. The lowest BCUT2D eigenvalue weighted by Crippen LogP contribution is -1.92. The molecule has 0 radical (unpaired) electrons. The Morgan fingerprint density at radius 2 is 1.55 bits per heavy atom. The maximum atomic E-state index is 9.89. The Bertz CT molecular complexity index is 979. The van der Waals surface area contributed by atoms with Crippen LogP contribution in [0.15, 0.2) is 48.5 Å². The second kappa shape index (κ2) is 5.12. The van der Waals surface area contributed by atoms with Crippen LogP contribution in [0.1, 0.15) is 11.1 Å². The summed E-state index contributed by atoms with van der Waals surface area (Å²) in [6.45, 7) is 0. The molecule has 0 aromatic heterocycles. The van der Waals surface area contributed by atoms with E-state index in [1.54, 1.807) is 6.07 Å². The third-order valence-electron chi connectivity index (χ3n) is 3.55. The molecule has 22 heavy (non-hydrogen) atoms. The zero-order chi connectivity index (χ0) is 15.7. The van der Waals surface area contributed by atoms with E-state index in [0.717, 1.165) is 10.8 Å². The van der Waals surface area contributed by atoms with Gasteiger partial charge in [0, 0.05) is 11.6 Å². The van der Waals surface area contributed by atoms with E-state index in [0.29, 0.717) is 11.1 Å². The van der Waals surface area contributed by atoms with Crippen molar-refractivity contribution in [1.82, 2.24) is 0 Å². The zero-order valence-electron chi connectivity index (χ0n) is 11.4. The number of rotatable bonds is 1. The standard InChI is InChI=1S/C18H10N2O2/c19-9-14-8-16(21)18(22)15(10-20)17(14)13-6-5-11-3-1-2-4-12(11)7-13/h1-8,21-22H. The number of phenolic OH excluding ortho intramolecular Hbond substituents is 2. The summed E-state index contributed by atoms with van der Waals surface area (Å²) in [4.78, 5) is 0. The monoisotopic (exact) mass is 286 g/mol. The van der Waals surface area contributed by atoms with Gasteiger partial charge in [0.15, 0.2) is 11.5 Å². The second-order valence-corrected chi connectivity index (χ2v) is 4.83. The molecular formula is C18H10N2O2. The Morgan fingerprint density at radius 3 is 2.23 bits per heavy atom. The molecule has 0 atom stereocenters. The molecule has 0 unspecified atom stereocenters. The predicted molar refractivity (Wildman–Crippen MR) is 82.1 cm³/mol. The van der Waals surface area contributed by atoms with Crippen LogP contribution in [0.4, 0.5) is 0 Å².